The van der Waals surface area contributed by atoms with Crippen molar-refractivity contribution in [2.45, 2.75) is 26.9 Å². The fourth-order valence-corrected chi connectivity index (χ4v) is 1.42. The van der Waals surface area contributed by atoms with Gasteiger partial charge in [-0.1, -0.05) is 0 Å². The lowest BCUT2D eigenvalue weighted by atomic mass is 10.3. The zero-order valence-electron chi connectivity index (χ0n) is 11.3. The Morgan fingerprint density at radius 2 is 2.17 bits per heavy atom. The van der Waals surface area contributed by atoms with Gasteiger partial charge in [0.25, 0.3) is 5.91 Å². The summed E-state index contributed by atoms with van der Waals surface area (Å²) in [5.41, 5.74) is 6.51. The largest absolute Gasteiger partial charge is 0.377 e. The summed E-state index contributed by atoms with van der Waals surface area (Å²) in [6.45, 7) is 6.70. The van der Waals surface area contributed by atoms with E-state index in [2.05, 4.69) is 9.97 Å². The van der Waals surface area contributed by atoms with Crippen LogP contribution < -0.4 is 5.73 Å². The van der Waals surface area contributed by atoms with Crippen LogP contribution in [0.1, 0.15) is 30.0 Å². The molecule has 0 aliphatic rings. The number of nitrogen functional groups attached to an aromatic ring is 1. The summed E-state index contributed by atoms with van der Waals surface area (Å²) in [6, 6.07) is 1.62. The van der Waals surface area contributed by atoms with Gasteiger partial charge in [0.15, 0.2) is 0 Å². The molecular weight excluding hydrogens is 232 g/mol. The minimum atomic E-state index is -0.181. The Kier molecular flexibility index (Phi) is 5.03. The van der Waals surface area contributed by atoms with Gasteiger partial charge in [-0.3, -0.25) is 4.79 Å². The topological polar surface area (TPSA) is 81.3 Å². The summed E-state index contributed by atoms with van der Waals surface area (Å²) in [5, 5.41) is 0. The molecule has 1 aromatic heterocycles. The molecule has 0 fully saturated rings. The van der Waals surface area contributed by atoms with E-state index in [4.69, 9.17) is 10.5 Å². The minimum Gasteiger partial charge on any atom is -0.377 e. The first-order valence-corrected chi connectivity index (χ1v) is 5.88. The van der Waals surface area contributed by atoms with Crippen molar-refractivity contribution >= 4 is 11.9 Å². The van der Waals surface area contributed by atoms with Crippen LogP contribution in [0, 0.1) is 6.92 Å². The first kappa shape index (κ1) is 14.4. The highest BCUT2D eigenvalue weighted by Gasteiger charge is 2.14. The third-order valence-corrected chi connectivity index (χ3v) is 2.32. The molecule has 0 unspecified atom stereocenters. The van der Waals surface area contributed by atoms with Gasteiger partial charge in [0, 0.05) is 19.3 Å². The molecule has 0 spiro atoms. The van der Waals surface area contributed by atoms with Crippen LogP contribution in [0.15, 0.2) is 6.07 Å². The van der Waals surface area contributed by atoms with Crippen LogP contribution >= 0.6 is 0 Å². The van der Waals surface area contributed by atoms with E-state index >= 15 is 0 Å². The van der Waals surface area contributed by atoms with Crippen molar-refractivity contribution < 1.29 is 9.53 Å². The van der Waals surface area contributed by atoms with Crippen molar-refractivity contribution in [1.82, 2.24) is 14.9 Å². The van der Waals surface area contributed by atoms with Crippen LogP contribution in [-0.4, -0.2) is 47.1 Å². The quantitative estimate of drug-likeness (QED) is 0.840. The lowest BCUT2D eigenvalue weighted by Crippen LogP contribution is -2.31. The number of aryl methyl sites for hydroxylation is 1. The third kappa shape index (κ3) is 4.29. The average Bonchev–Trinajstić information content (AvgIpc) is 2.26. The van der Waals surface area contributed by atoms with Gasteiger partial charge in [-0.15, -0.1) is 0 Å². The number of anilines is 1. The van der Waals surface area contributed by atoms with E-state index in [0.717, 1.165) is 0 Å². The Balaban J connectivity index is 2.62. The summed E-state index contributed by atoms with van der Waals surface area (Å²) in [6.07, 6.45) is 0.158. The van der Waals surface area contributed by atoms with Crippen molar-refractivity contribution in [2.24, 2.45) is 0 Å². The smallest absolute Gasteiger partial charge is 0.272 e. The molecule has 0 bridgehead atoms. The molecule has 0 aliphatic heterocycles. The molecule has 0 radical (unpaired) electrons. The highest BCUT2D eigenvalue weighted by molar-refractivity contribution is 5.92. The Labute approximate surface area is 107 Å². The molecule has 1 heterocycles. The predicted molar refractivity (Wildman–Crippen MR) is 69.2 cm³/mol. The van der Waals surface area contributed by atoms with E-state index in [1.807, 2.05) is 13.8 Å². The van der Waals surface area contributed by atoms with E-state index in [1.54, 1.807) is 24.9 Å². The fraction of sp³-hybridized carbons (Fsp3) is 0.583. The second-order valence-electron chi connectivity index (χ2n) is 4.40. The van der Waals surface area contributed by atoms with E-state index in [1.165, 1.54) is 0 Å². The van der Waals surface area contributed by atoms with Crippen molar-refractivity contribution in [3.8, 4) is 0 Å². The Bertz CT molecular complexity index is 400. The number of carbonyl (C=O) groups excluding carboxylic acids is 1. The van der Waals surface area contributed by atoms with Gasteiger partial charge in [0.05, 0.1) is 12.7 Å². The van der Waals surface area contributed by atoms with Gasteiger partial charge in [0.1, 0.15) is 5.69 Å². The van der Waals surface area contributed by atoms with Crippen LogP contribution in [-0.2, 0) is 4.74 Å². The van der Waals surface area contributed by atoms with Crippen molar-refractivity contribution in [3.63, 3.8) is 0 Å². The molecule has 0 atom stereocenters. The van der Waals surface area contributed by atoms with Gasteiger partial charge in [-0.2, -0.15) is 0 Å². The average molecular weight is 252 g/mol. The lowest BCUT2D eigenvalue weighted by molar-refractivity contribution is 0.0529. The fourth-order valence-electron chi connectivity index (χ4n) is 1.42. The van der Waals surface area contributed by atoms with Gasteiger partial charge >= 0.3 is 0 Å². The van der Waals surface area contributed by atoms with Gasteiger partial charge < -0.3 is 15.4 Å². The number of hydrogen-bond acceptors (Lipinski definition) is 5. The molecule has 1 amide bonds. The first-order valence-electron chi connectivity index (χ1n) is 5.88. The first-order chi connectivity index (χ1) is 8.40. The molecule has 0 aliphatic carbocycles. The monoisotopic (exact) mass is 252 g/mol. The number of amides is 1. The second kappa shape index (κ2) is 6.30. The summed E-state index contributed by atoms with van der Waals surface area (Å²) in [4.78, 5) is 21.5. The van der Waals surface area contributed by atoms with Crippen LogP contribution in [0.4, 0.5) is 5.95 Å². The zero-order chi connectivity index (χ0) is 13.7. The maximum absolute atomic E-state index is 12.0. The van der Waals surface area contributed by atoms with Gasteiger partial charge in [-0.05, 0) is 26.8 Å². The summed E-state index contributed by atoms with van der Waals surface area (Å²) >= 11 is 0. The summed E-state index contributed by atoms with van der Waals surface area (Å²) in [5.74, 6) is -0.0651. The van der Waals surface area contributed by atoms with Gasteiger partial charge in [-0.25, -0.2) is 9.97 Å². The molecule has 0 aromatic carbocycles. The maximum atomic E-state index is 12.0. The third-order valence-electron chi connectivity index (χ3n) is 2.32. The number of carbonyl (C=O) groups is 1. The molecule has 18 heavy (non-hydrogen) atoms. The van der Waals surface area contributed by atoms with Crippen molar-refractivity contribution in [3.05, 3.63) is 17.5 Å². The molecular formula is C12H20N4O2. The molecule has 6 nitrogen and oxygen atoms in total. The number of hydrogen-bond donors (Lipinski definition) is 1. The van der Waals surface area contributed by atoms with E-state index in [0.29, 0.717) is 24.5 Å². The molecule has 0 saturated heterocycles. The van der Waals surface area contributed by atoms with E-state index in [-0.39, 0.29) is 18.0 Å². The molecule has 2 N–H and O–H groups in total. The Hall–Kier alpha value is -1.69. The SMILES string of the molecule is Cc1cc(C(=O)N(C)CCOC(C)C)nc(N)n1. The van der Waals surface area contributed by atoms with Crippen LogP contribution in [0.25, 0.3) is 0 Å². The summed E-state index contributed by atoms with van der Waals surface area (Å²) in [7, 11) is 1.71. The molecule has 1 aromatic rings. The van der Waals surface area contributed by atoms with Crippen molar-refractivity contribution in [2.75, 3.05) is 25.9 Å². The Morgan fingerprint density at radius 3 is 2.72 bits per heavy atom. The number of nitrogens with zero attached hydrogens (tertiary/aromatic N) is 3. The number of rotatable bonds is 5. The van der Waals surface area contributed by atoms with Crippen LogP contribution in [0.5, 0.6) is 0 Å². The normalized spacial score (nSPS) is 10.7. The molecule has 100 valence electrons. The molecule has 0 saturated carbocycles. The second-order valence-corrected chi connectivity index (χ2v) is 4.40. The predicted octanol–water partition coefficient (Wildman–Crippen LogP) is 0.864. The standard InChI is InChI=1S/C12H20N4O2/c1-8(2)18-6-5-16(4)11(17)10-7-9(3)14-12(13)15-10/h7-8H,5-6H2,1-4H3,(H2,13,14,15). The Morgan fingerprint density at radius 1 is 1.50 bits per heavy atom. The summed E-state index contributed by atoms with van der Waals surface area (Å²) < 4.78 is 5.39. The number of likely N-dealkylation sites (N-methyl/N-ethyl adjacent to an activating group) is 1. The maximum Gasteiger partial charge on any atom is 0.272 e. The highest BCUT2D eigenvalue weighted by Crippen LogP contribution is 2.05. The molecule has 6 heteroatoms. The minimum absolute atomic E-state index is 0.116. The van der Waals surface area contributed by atoms with E-state index in [9.17, 15) is 4.79 Å². The van der Waals surface area contributed by atoms with E-state index < -0.39 is 0 Å². The number of ether oxygens (including phenoxy) is 1. The van der Waals surface area contributed by atoms with Crippen LogP contribution in [0.2, 0.25) is 0 Å². The highest BCUT2D eigenvalue weighted by atomic mass is 16.5. The van der Waals surface area contributed by atoms with Crippen LogP contribution in [0.3, 0.4) is 0 Å². The zero-order valence-corrected chi connectivity index (χ0v) is 11.3. The molecule has 1 rings (SSSR count). The van der Waals surface area contributed by atoms with Gasteiger partial charge in [0.2, 0.25) is 5.95 Å². The number of aromatic nitrogens is 2. The lowest BCUT2D eigenvalue weighted by Gasteiger charge is -2.17. The van der Waals surface area contributed by atoms with Crippen molar-refractivity contribution in [1.29, 1.82) is 0 Å². The number of nitrogens with two attached hydrogens (primary N) is 1.